The fourth-order valence-electron chi connectivity index (χ4n) is 7.22. The van der Waals surface area contributed by atoms with Gasteiger partial charge in [-0.25, -0.2) is 0 Å². The van der Waals surface area contributed by atoms with E-state index in [2.05, 4.69) is 0 Å². The molecule has 36 heavy (non-hydrogen) atoms. The molecule has 1 N–H and O–H groups in total. The van der Waals surface area contributed by atoms with Crippen LogP contribution in [0.3, 0.4) is 0 Å². The number of carbonyl (C=O) groups is 3. The van der Waals surface area contributed by atoms with E-state index in [9.17, 15) is 22.7 Å². The second-order valence-corrected chi connectivity index (χ2v) is 10.8. The van der Waals surface area contributed by atoms with Crippen LogP contribution in [0.2, 0.25) is 0 Å². The highest BCUT2D eigenvalue weighted by atomic mass is 16.4. The Labute approximate surface area is 250 Å². The molecule has 0 saturated heterocycles. The maximum Gasteiger partial charge on any atom is 0.309 e. The Hall–Kier alpha value is -2.22. The molecule has 5 heteroatoms. The van der Waals surface area contributed by atoms with Crippen LogP contribution in [0.4, 0.5) is 0 Å². The molecule has 0 aliphatic heterocycles. The summed E-state index contributed by atoms with van der Waals surface area (Å²) < 4.78 is 219. The number of nitrogens with zero attached hydrogens (tertiary/aromatic N) is 1. The molecule has 0 aromatic carbocycles. The van der Waals surface area contributed by atoms with Crippen LogP contribution in [-0.4, -0.2) is 22.6 Å². The third kappa shape index (κ3) is 2.85. The number of hydrogen-bond acceptors (Lipinski definition) is 4. The van der Waals surface area contributed by atoms with Gasteiger partial charge in [0.05, 0.1) is 11.0 Å². The monoisotopic (exact) mass is 516 g/mol. The molecule has 3 fully saturated rings. The first kappa shape index (κ1) is 9.21. The summed E-state index contributed by atoms with van der Waals surface area (Å²) >= 11 is 0. The number of aliphatic carboxylic acids is 1. The van der Waals surface area contributed by atoms with Crippen molar-refractivity contribution in [2.24, 2.45) is 50.2 Å². The highest BCUT2D eigenvalue weighted by Crippen LogP contribution is 2.74. The van der Waals surface area contributed by atoms with Crippen molar-refractivity contribution >= 4 is 17.5 Å². The third-order valence-electron chi connectivity index (χ3n) is 9.13. The molecule has 0 amide bonds. The molecule has 0 heterocycles. The zero-order chi connectivity index (χ0) is 47.8. The maximum absolute atomic E-state index is 15.3. The summed E-state index contributed by atoms with van der Waals surface area (Å²) in [6.07, 6.45) is -14.5. The molecule has 5 nitrogen and oxygen atoms in total. The van der Waals surface area contributed by atoms with Crippen LogP contribution < -0.4 is 0 Å². The number of hydrogen-bond donors (Lipinski definition) is 1. The summed E-state index contributed by atoms with van der Waals surface area (Å²) in [7, 11) is 0. The van der Waals surface area contributed by atoms with E-state index in [0.717, 1.165) is 0 Å². The Balaban J connectivity index is 2.13. The molecule has 0 spiro atoms. The topological polar surface area (TPSA) is 95.2 Å². The van der Waals surface area contributed by atoms with E-state index in [1.54, 1.807) is 0 Å². The van der Waals surface area contributed by atoms with Crippen molar-refractivity contribution < 1.29 is 53.8 Å². The third-order valence-corrected chi connectivity index (χ3v) is 9.13. The summed E-state index contributed by atoms with van der Waals surface area (Å²) in [6.45, 7) is -28.5. The molecule has 0 unspecified atom stereocenters. The van der Waals surface area contributed by atoms with Gasteiger partial charge in [-0.3, -0.25) is 14.4 Å². The van der Waals surface area contributed by atoms with Crippen molar-refractivity contribution in [1.29, 1.82) is 5.26 Å². The van der Waals surface area contributed by atoms with E-state index < -0.39 is 172 Å². The van der Waals surface area contributed by atoms with Crippen LogP contribution in [0.15, 0.2) is 23.3 Å². The quantitative estimate of drug-likeness (QED) is 0.442. The Kier molecular flexibility index (Phi) is 1.84. The molecule has 5 aliphatic rings. The molecule has 0 radical (unpaired) electrons. The zero-order valence-electron chi connectivity index (χ0n) is 44.0. The van der Waals surface area contributed by atoms with Crippen molar-refractivity contribution in [2.75, 3.05) is 0 Å². The molecule has 3 saturated carbocycles. The summed E-state index contributed by atoms with van der Waals surface area (Å²) in [6, 6.07) is 1.29. The minimum atomic E-state index is -4.32. The number of fused-ring (bicyclic) bond motifs is 7. The van der Waals surface area contributed by atoms with E-state index in [4.69, 9.17) is 31.5 Å². The number of carboxylic acids is 1. The Bertz CT molecular complexity index is 2010. The fraction of sp³-hybridized carbons (Fsp3) is 0.742. The minimum absolute atomic E-state index is 0.175. The van der Waals surface area contributed by atoms with E-state index in [1.807, 2.05) is 0 Å². The number of ketones is 2. The number of carboxylic acid groups (broad SMARTS) is 1. The van der Waals surface area contributed by atoms with Crippen LogP contribution >= 0.6 is 0 Å². The summed E-state index contributed by atoms with van der Waals surface area (Å²) in [5, 5.41) is 21.2. The summed E-state index contributed by atoms with van der Waals surface area (Å²) in [5.74, 6) is -14.4. The standard InChI is InChI=1S/C31H41NO4/c1-26(2)10-12-31(25(35)36)13-11-30(7)23(19(31)16-26)20(33)14-22-28(5)15-18(17-32)24(34)27(3,4)21(28)8-9-29(22,30)6/h14-15,19,21,23H,8-13,16H2,1-7H3,(H,35,36)/t19-,21-,23-,28-,29+,30+,31-/m0/s1/i1D3,2D3,3D3,4D3,5D3,6D3,7D3,10D2,16D2. The van der Waals surface area contributed by atoms with Crippen LogP contribution in [-0.2, 0) is 14.4 Å². The van der Waals surface area contributed by atoms with Crippen molar-refractivity contribution in [1.82, 2.24) is 0 Å². The molecule has 0 bridgehead atoms. The van der Waals surface area contributed by atoms with Crippen LogP contribution in [0.1, 0.15) is 127 Å². The van der Waals surface area contributed by atoms with Gasteiger partial charge < -0.3 is 5.11 Å². The van der Waals surface area contributed by atoms with Gasteiger partial charge >= 0.3 is 5.97 Å². The first-order valence-electron chi connectivity index (χ1n) is 24.0. The van der Waals surface area contributed by atoms with E-state index in [-0.39, 0.29) is 6.08 Å². The zero-order valence-corrected chi connectivity index (χ0v) is 19.0. The van der Waals surface area contributed by atoms with Crippen LogP contribution in [0, 0.1) is 61.6 Å². The normalized spacial score (nSPS) is 62.2. The Morgan fingerprint density at radius 1 is 1.11 bits per heavy atom. The van der Waals surface area contributed by atoms with Gasteiger partial charge in [0, 0.05) is 51.0 Å². The molecular formula is C31H41NO4. The molecular weight excluding hydrogens is 450 g/mol. The van der Waals surface area contributed by atoms with E-state index in [1.165, 1.54) is 6.07 Å². The van der Waals surface area contributed by atoms with Gasteiger partial charge in [-0.05, 0) is 79.0 Å². The van der Waals surface area contributed by atoms with Gasteiger partial charge in [0.15, 0.2) is 11.6 Å². The number of rotatable bonds is 1. The molecule has 7 atom stereocenters. The van der Waals surface area contributed by atoms with Gasteiger partial charge in [-0.15, -0.1) is 0 Å². The highest BCUT2D eigenvalue weighted by Gasteiger charge is 2.70. The summed E-state index contributed by atoms with van der Waals surface area (Å²) in [4.78, 5) is 43.0. The fourth-order valence-corrected chi connectivity index (χ4v) is 7.22. The van der Waals surface area contributed by atoms with Gasteiger partial charge in [0.1, 0.15) is 6.07 Å². The number of nitriles is 1. The number of Topliss-reactive ketones (excluding diaryl/α,β-unsaturated/α-hetero) is 1. The van der Waals surface area contributed by atoms with E-state index in [0.29, 0.717) is 6.08 Å². The first-order valence-corrected chi connectivity index (χ1v) is 11.5. The average molecular weight is 517 g/mol. The smallest absolute Gasteiger partial charge is 0.309 e. The van der Waals surface area contributed by atoms with Crippen molar-refractivity contribution in [2.45, 2.75) is 92.8 Å². The average Bonchev–Trinajstić information content (AvgIpc) is 2.99. The lowest BCUT2D eigenvalue weighted by Gasteiger charge is -2.68. The van der Waals surface area contributed by atoms with Crippen molar-refractivity contribution in [3.63, 3.8) is 0 Å². The van der Waals surface area contributed by atoms with E-state index >= 15 is 4.79 Å². The van der Waals surface area contributed by atoms with Gasteiger partial charge in [0.25, 0.3) is 0 Å². The summed E-state index contributed by atoms with van der Waals surface area (Å²) in [5.41, 5.74) is -24.4. The maximum atomic E-state index is 15.3. The molecule has 0 aromatic rings. The number of carbonyl (C=O) groups excluding carboxylic acids is 2. The Morgan fingerprint density at radius 3 is 2.53 bits per heavy atom. The predicted octanol–water partition coefficient (Wildman–Crippen LogP) is 6.29. The van der Waals surface area contributed by atoms with Crippen LogP contribution in [0.5, 0.6) is 0 Å². The second-order valence-electron chi connectivity index (χ2n) is 10.8. The van der Waals surface area contributed by atoms with Gasteiger partial charge in [-0.2, -0.15) is 5.26 Å². The van der Waals surface area contributed by atoms with Crippen molar-refractivity contribution in [3.8, 4) is 6.07 Å². The lowest BCUT2D eigenvalue weighted by molar-refractivity contribution is -0.188. The molecule has 5 rings (SSSR count). The largest absolute Gasteiger partial charge is 0.481 e. The van der Waals surface area contributed by atoms with Crippen LogP contribution in [0.25, 0.3) is 0 Å². The predicted molar refractivity (Wildman–Crippen MR) is 137 cm³/mol. The lowest BCUT2D eigenvalue weighted by atomic mass is 9.34. The lowest BCUT2D eigenvalue weighted by Crippen LogP contribution is -2.65. The minimum Gasteiger partial charge on any atom is -0.481 e. The SMILES string of the molecule is [2H]C([2H])([2H])C1(C([2H])([2H])[2H])C(=O)C(C#N)=C[C@]2(C([2H])([2H])[2H])C3=CC(=O)[C@@H]4[C@@H]5C([2H])([2H])C(C([2H])([2H])[2H])(C([2H])([2H])[2H])C([2H])([2H])C[C@]5(C(=O)O)CC[C@@]4(C([2H])([2H])[2H])[C@]3(C([2H])([2H])[2H])CC[C@@H]12. The molecule has 5 aliphatic carbocycles. The van der Waals surface area contributed by atoms with Crippen molar-refractivity contribution in [3.05, 3.63) is 23.3 Å². The number of allylic oxidation sites excluding steroid dienone is 4. The first-order chi connectivity index (χ1) is 26.8. The molecule has 0 aromatic heterocycles. The second kappa shape index (κ2) is 7.21. The van der Waals surface area contributed by atoms with Gasteiger partial charge in [-0.1, -0.05) is 59.6 Å². The van der Waals surface area contributed by atoms with Gasteiger partial charge in [0.2, 0.25) is 0 Å². The molecule has 194 valence electrons. The Morgan fingerprint density at radius 2 is 1.92 bits per heavy atom. The highest BCUT2D eigenvalue weighted by molar-refractivity contribution is 6.04.